The van der Waals surface area contributed by atoms with Crippen LogP contribution < -0.4 is 20.1 Å². The van der Waals surface area contributed by atoms with Gasteiger partial charge in [-0.25, -0.2) is 4.52 Å². The molecule has 2 aromatic heterocycles. The monoisotopic (exact) mass is 479 g/mol. The number of rotatable bonds is 9. The van der Waals surface area contributed by atoms with Gasteiger partial charge in [-0.3, -0.25) is 14.9 Å². The number of hydrogen-bond donors (Lipinski definition) is 2. The first-order valence-corrected chi connectivity index (χ1v) is 11.7. The first kappa shape index (κ1) is 23.2. The Hall–Kier alpha value is -3.92. The molecule has 0 saturated heterocycles. The molecular weight excluding hydrogens is 454 g/mol. The van der Waals surface area contributed by atoms with Gasteiger partial charge in [-0.05, 0) is 43.2 Å². The Labute approximate surface area is 200 Å². The van der Waals surface area contributed by atoms with E-state index >= 15 is 0 Å². The minimum Gasteiger partial charge on any atom is -0.493 e. The summed E-state index contributed by atoms with van der Waals surface area (Å²) in [4.78, 5) is 28.8. The topological polar surface area (TPSA) is 107 Å². The van der Waals surface area contributed by atoms with Gasteiger partial charge < -0.3 is 14.8 Å². The third-order valence-electron chi connectivity index (χ3n) is 5.00. The lowest BCUT2D eigenvalue weighted by Crippen LogP contribution is -2.13. The van der Waals surface area contributed by atoms with E-state index < -0.39 is 0 Å². The largest absolute Gasteiger partial charge is 0.493 e. The second-order valence-electron chi connectivity index (χ2n) is 7.48. The van der Waals surface area contributed by atoms with E-state index in [0.717, 1.165) is 22.5 Å². The predicted molar refractivity (Wildman–Crippen MR) is 132 cm³/mol. The summed E-state index contributed by atoms with van der Waals surface area (Å²) in [5.41, 5.74) is 3.47. The van der Waals surface area contributed by atoms with Gasteiger partial charge in [0.25, 0.3) is 0 Å². The van der Waals surface area contributed by atoms with E-state index in [1.807, 2.05) is 54.8 Å². The molecule has 2 N–H and O–H groups in total. The quantitative estimate of drug-likeness (QED) is 0.369. The molecule has 34 heavy (non-hydrogen) atoms. The fraction of sp³-hybridized carbons (Fsp3) is 0.250. The zero-order valence-electron chi connectivity index (χ0n) is 19.1. The lowest BCUT2D eigenvalue weighted by atomic mass is 10.1. The van der Waals surface area contributed by atoms with Gasteiger partial charge in [0, 0.05) is 30.0 Å². The van der Waals surface area contributed by atoms with Crippen molar-refractivity contribution in [2.75, 3.05) is 24.4 Å². The standard InChI is InChI=1S/C24H25N5O4S/c1-4-33-20-11-5-16(13-21(20)32-3)6-12-22(31)26-23-27-24-29(28-23)19(14-34-24)17-7-9-18(10-8-17)25-15(2)30/h5,7-11,13-14H,4,6,12H2,1-3H3,(H,25,30)(H,26,28,31). The molecule has 176 valence electrons. The minimum atomic E-state index is -0.174. The highest BCUT2D eigenvalue weighted by Crippen LogP contribution is 2.29. The Morgan fingerprint density at radius 1 is 1.09 bits per heavy atom. The van der Waals surface area contributed by atoms with Gasteiger partial charge in [-0.1, -0.05) is 18.2 Å². The van der Waals surface area contributed by atoms with Crippen LogP contribution in [0.1, 0.15) is 25.8 Å². The molecule has 0 aliphatic rings. The summed E-state index contributed by atoms with van der Waals surface area (Å²) >= 11 is 1.43. The van der Waals surface area contributed by atoms with E-state index in [2.05, 4.69) is 20.7 Å². The van der Waals surface area contributed by atoms with Crippen LogP contribution in [0.2, 0.25) is 0 Å². The summed E-state index contributed by atoms with van der Waals surface area (Å²) in [6, 6.07) is 13.1. The molecule has 2 aromatic carbocycles. The molecule has 9 nitrogen and oxygen atoms in total. The van der Waals surface area contributed by atoms with Gasteiger partial charge in [0.1, 0.15) is 0 Å². The first-order chi connectivity index (χ1) is 16.5. The number of nitrogens with zero attached hydrogens (tertiary/aromatic N) is 3. The Kier molecular flexibility index (Phi) is 7.07. The highest BCUT2D eigenvalue weighted by Gasteiger charge is 2.14. The minimum absolute atomic E-state index is 0.121. The number of carbonyl (C=O) groups is 2. The lowest BCUT2D eigenvalue weighted by molar-refractivity contribution is -0.116. The smallest absolute Gasteiger partial charge is 0.250 e. The SMILES string of the molecule is CCOc1ccc(CCC(=O)Nc2nc3scc(-c4ccc(NC(C)=O)cc4)n3n2)cc1OC. The van der Waals surface area contributed by atoms with Gasteiger partial charge in [-0.2, -0.15) is 4.98 Å². The average molecular weight is 480 g/mol. The number of aryl methyl sites for hydroxylation is 1. The number of carbonyl (C=O) groups excluding carboxylic acids is 2. The third-order valence-corrected chi connectivity index (χ3v) is 5.82. The summed E-state index contributed by atoms with van der Waals surface area (Å²) in [6.07, 6.45) is 0.824. The van der Waals surface area contributed by atoms with E-state index in [4.69, 9.17) is 9.47 Å². The molecule has 4 rings (SSSR count). The third kappa shape index (κ3) is 5.34. The average Bonchev–Trinajstić information content (AvgIpc) is 3.39. The van der Waals surface area contributed by atoms with Gasteiger partial charge in [-0.15, -0.1) is 16.4 Å². The molecule has 10 heteroatoms. The molecule has 0 bridgehead atoms. The van der Waals surface area contributed by atoms with Crippen molar-refractivity contribution in [2.45, 2.75) is 26.7 Å². The second kappa shape index (κ2) is 10.3. The summed E-state index contributed by atoms with van der Waals surface area (Å²) in [6.45, 7) is 3.94. The number of anilines is 2. The van der Waals surface area contributed by atoms with Crippen LogP contribution in [0.15, 0.2) is 47.8 Å². The van der Waals surface area contributed by atoms with Crippen LogP contribution in [-0.2, 0) is 16.0 Å². The summed E-state index contributed by atoms with van der Waals surface area (Å²) < 4.78 is 12.6. The number of ether oxygens (including phenoxy) is 2. The number of benzene rings is 2. The molecule has 0 aliphatic carbocycles. The van der Waals surface area contributed by atoms with Crippen LogP contribution in [0.3, 0.4) is 0 Å². The maximum atomic E-state index is 12.5. The Balaban J connectivity index is 1.40. The zero-order chi connectivity index (χ0) is 24.1. The van der Waals surface area contributed by atoms with E-state index in [1.54, 1.807) is 11.6 Å². The molecule has 2 amide bonds. The Bertz CT molecular complexity index is 1310. The molecule has 0 spiro atoms. The van der Waals surface area contributed by atoms with Crippen LogP contribution in [0.5, 0.6) is 11.5 Å². The van der Waals surface area contributed by atoms with Gasteiger partial charge >= 0.3 is 0 Å². The number of fused-ring (bicyclic) bond motifs is 1. The van der Waals surface area contributed by atoms with Crippen LogP contribution >= 0.6 is 11.3 Å². The van der Waals surface area contributed by atoms with E-state index in [1.165, 1.54) is 18.3 Å². The maximum Gasteiger partial charge on any atom is 0.250 e. The number of methoxy groups -OCH3 is 1. The van der Waals surface area contributed by atoms with E-state index in [9.17, 15) is 9.59 Å². The van der Waals surface area contributed by atoms with Crippen molar-refractivity contribution in [3.63, 3.8) is 0 Å². The van der Waals surface area contributed by atoms with Crippen molar-refractivity contribution in [3.8, 4) is 22.8 Å². The highest BCUT2D eigenvalue weighted by molar-refractivity contribution is 7.15. The van der Waals surface area contributed by atoms with Crippen molar-refractivity contribution < 1.29 is 19.1 Å². The molecule has 0 atom stereocenters. The van der Waals surface area contributed by atoms with Gasteiger partial charge in [0.2, 0.25) is 22.7 Å². The molecule has 0 aliphatic heterocycles. The number of nitrogens with one attached hydrogen (secondary N) is 2. The number of thiazole rings is 1. The van der Waals surface area contributed by atoms with Crippen LogP contribution in [0.25, 0.3) is 16.2 Å². The molecule has 2 heterocycles. The maximum absolute atomic E-state index is 12.5. The molecule has 4 aromatic rings. The fourth-order valence-electron chi connectivity index (χ4n) is 3.45. The van der Waals surface area contributed by atoms with Gasteiger partial charge in [0.05, 0.1) is 19.4 Å². The Morgan fingerprint density at radius 3 is 2.59 bits per heavy atom. The van der Waals surface area contributed by atoms with E-state index in [0.29, 0.717) is 29.5 Å². The van der Waals surface area contributed by atoms with E-state index in [-0.39, 0.29) is 24.2 Å². The highest BCUT2D eigenvalue weighted by atomic mass is 32.1. The van der Waals surface area contributed by atoms with Crippen LogP contribution in [0.4, 0.5) is 11.6 Å². The summed E-state index contributed by atoms with van der Waals surface area (Å²) in [5, 5.41) is 11.9. The van der Waals surface area contributed by atoms with Crippen LogP contribution in [-0.4, -0.2) is 40.1 Å². The fourth-order valence-corrected chi connectivity index (χ4v) is 4.28. The molecule has 0 unspecified atom stereocenters. The first-order valence-electron chi connectivity index (χ1n) is 10.8. The van der Waals surface area contributed by atoms with Gasteiger partial charge in [0.15, 0.2) is 11.5 Å². The molecule has 0 saturated carbocycles. The molecular formula is C24H25N5O4S. The predicted octanol–water partition coefficient (Wildman–Crippen LogP) is 4.39. The molecule has 0 radical (unpaired) electrons. The van der Waals surface area contributed by atoms with Crippen molar-refractivity contribution in [3.05, 3.63) is 53.4 Å². The van der Waals surface area contributed by atoms with Crippen LogP contribution in [0, 0.1) is 0 Å². The Morgan fingerprint density at radius 2 is 1.88 bits per heavy atom. The van der Waals surface area contributed by atoms with Crippen molar-refractivity contribution in [1.29, 1.82) is 0 Å². The number of hydrogen-bond acceptors (Lipinski definition) is 7. The number of amides is 2. The van der Waals surface area contributed by atoms with Crippen molar-refractivity contribution in [1.82, 2.24) is 14.6 Å². The van der Waals surface area contributed by atoms with Crippen molar-refractivity contribution >= 4 is 39.7 Å². The summed E-state index contributed by atoms with van der Waals surface area (Å²) in [5.74, 6) is 1.29. The lowest BCUT2D eigenvalue weighted by Gasteiger charge is -2.10. The second-order valence-corrected chi connectivity index (χ2v) is 8.31. The normalized spacial score (nSPS) is 10.8. The summed E-state index contributed by atoms with van der Waals surface area (Å²) in [7, 11) is 1.59. The number of aromatic nitrogens is 3. The molecule has 0 fully saturated rings. The van der Waals surface area contributed by atoms with Crippen molar-refractivity contribution in [2.24, 2.45) is 0 Å². The zero-order valence-corrected chi connectivity index (χ0v) is 19.9.